The smallest absolute Gasteiger partial charge is 0.186 e. The number of azide groups is 1. The van der Waals surface area contributed by atoms with Crippen LogP contribution in [0.15, 0.2) is 96.1 Å². The summed E-state index contributed by atoms with van der Waals surface area (Å²) in [6, 6.07) is 28.3. The number of fused-ring (bicyclic) bond motifs is 1. The summed E-state index contributed by atoms with van der Waals surface area (Å²) in [5.41, 5.74) is 12.3. The van der Waals surface area contributed by atoms with E-state index in [1.807, 2.05) is 91.0 Å². The fourth-order valence-electron chi connectivity index (χ4n) is 7.44. The van der Waals surface area contributed by atoms with Gasteiger partial charge >= 0.3 is 0 Å². The molecule has 3 aromatic rings. The van der Waals surface area contributed by atoms with Crippen molar-refractivity contribution in [2.45, 2.75) is 159 Å². The highest BCUT2D eigenvalue weighted by molar-refractivity contribution is 5.17. The summed E-state index contributed by atoms with van der Waals surface area (Å²) in [6.07, 6.45) is 8.26. The Balaban J connectivity index is 1.21. The maximum Gasteiger partial charge on any atom is 0.186 e. The topological polar surface area (TPSA) is 145 Å². The lowest BCUT2D eigenvalue weighted by Crippen LogP contribution is -2.63. The molecule has 0 radical (unpaired) electrons. The highest BCUT2D eigenvalue weighted by Crippen LogP contribution is 2.37. The van der Waals surface area contributed by atoms with Crippen LogP contribution >= 0.6 is 0 Å². The molecule has 2 aliphatic heterocycles. The number of rotatable bonds is 26. The fraction of sp³-hybridized carbons (Fsp3) is 0.600. The van der Waals surface area contributed by atoms with Crippen molar-refractivity contribution in [1.29, 1.82) is 0 Å². The summed E-state index contributed by atoms with van der Waals surface area (Å²) in [5, 5.41) is 26.0. The number of benzene rings is 3. The molecule has 0 unspecified atom stereocenters. The minimum absolute atomic E-state index is 0.209. The zero-order valence-corrected chi connectivity index (χ0v) is 33.1. The van der Waals surface area contributed by atoms with Crippen LogP contribution in [0.2, 0.25) is 0 Å². The average Bonchev–Trinajstić information content (AvgIpc) is 3.24. The summed E-state index contributed by atoms with van der Waals surface area (Å²) in [4.78, 5) is 2.98. The van der Waals surface area contributed by atoms with Gasteiger partial charge in [-0.05, 0) is 23.1 Å². The second-order valence-corrected chi connectivity index (χ2v) is 15.1. The van der Waals surface area contributed by atoms with Gasteiger partial charge in [0.1, 0.15) is 24.4 Å². The van der Waals surface area contributed by atoms with Gasteiger partial charge in [-0.25, -0.2) is 0 Å². The summed E-state index contributed by atoms with van der Waals surface area (Å²) in [7, 11) is 0. The van der Waals surface area contributed by atoms with Crippen LogP contribution < -0.4 is 0 Å². The van der Waals surface area contributed by atoms with E-state index >= 15 is 0 Å². The maximum absolute atomic E-state index is 11.2. The molecule has 306 valence electrons. The standard InChI is InChI=1S/C45H63N3O8/c1-2-3-4-5-6-7-8-9-10-11-12-22-29-38(49)40(50)37(47-48-46)32-53-45-43(52-31-35-25-18-14-19-26-35)42(51-30-34-23-16-13-17-24-34)41-39(55-45)33-54-44(56-41)36-27-20-15-21-28-36/h13-21,23-28,37-45,49-50H,2-12,22,29-33H2,1H3/t37-,38+,39+,40-,41-,42-,43+,44-,45-/m0/s1. The summed E-state index contributed by atoms with van der Waals surface area (Å²) in [5.74, 6) is 0. The molecule has 0 spiro atoms. The quantitative estimate of drug-likeness (QED) is 0.0355. The minimum Gasteiger partial charge on any atom is -0.390 e. The number of hydrogen-bond acceptors (Lipinski definition) is 9. The molecule has 2 heterocycles. The highest BCUT2D eigenvalue weighted by atomic mass is 16.8. The molecule has 2 fully saturated rings. The van der Waals surface area contributed by atoms with Gasteiger partial charge in [0.25, 0.3) is 0 Å². The number of aliphatic hydroxyl groups excluding tert-OH is 2. The molecule has 0 aromatic heterocycles. The third-order valence-corrected chi connectivity index (χ3v) is 10.7. The Hall–Kier alpha value is -3.35. The van der Waals surface area contributed by atoms with Crippen molar-refractivity contribution in [3.05, 3.63) is 118 Å². The Bertz CT molecular complexity index is 1520. The normalized spacial score (nSPS) is 23.8. The van der Waals surface area contributed by atoms with Crippen molar-refractivity contribution in [3.8, 4) is 0 Å². The number of hydrogen-bond donors (Lipinski definition) is 2. The van der Waals surface area contributed by atoms with Gasteiger partial charge in [0.05, 0.1) is 44.7 Å². The first kappa shape index (κ1) is 43.8. The Kier molecular flexibility index (Phi) is 19.6. The van der Waals surface area contributed by atoms with Crippen LogP contribution in [0.3, 0.4) is 0 Å². The van der Waals surface area contributed by atoms with E-state index in [0.29, 0.717) is 6.42 Å². The zero-order valence-electron chi connectivity index (χ0n) is 33.1. The summed E-state index contributed by atoms with van der Waals surface area (Å²) >= 11 is 0. The number of ether oxygens (including phenoxy) is 6. The lowest BCUT2D eigenvalue weighted by Gasteiger charge is -2.49. The highest BCUT2D eigenvalue weighted by Gasteiger charge is 2.52. The third kappa shape index (κ3) is 14.2. The largest absolute Gasteiger partial charge is 0.390 e. The fourth-order valence-corrected chi connectivity index (χ4v) is 7.44. The molecule has 0 saturated carbocycles. The van der Waals surface area contributed by atoms with E-state index in [-0.39, 0.29) is 26.4 Å². The van der Waals surface area contributed by atoms with Crippen molar-refractivity contribution < 1.29 is 38.6 Å². The first-order valence-electron chi connectivity index (χ1n) is 20.9. The molecule has 11 heteroatoms. The van der Waals surface area contributed by atoms with Crippen molar-refractivity contribution >= 4 is 0 Å². The number of nitrogens with zero attached hydrogens (tertiary/aromatic N) is 3. The average molecular weight is 774 g/mol. The molecule has 3 aromatic carbocycles. The molecule has 0 aliphatic carbocycles. The molecular weight excluding hydrogens is 711 g/mol. The second kappa shape index (κ2) is 25.1. The minimum atomic E-state index is -1.32. The van der Waals surface area contributed by atoms with Crippen LogP contribution in [0.4, 0.5) is 0 Å². The van der Waals surface area contributed by atoms with E-state index < -0.39 is 55.2 Å². The van der Waals surface area contributed by atoms with Crippen molar-refractivity contribution in [2.75, 3.05) is 13.2 Å². The molecular formula is C45H63N3O8. The van der Waals surface area contributed by atoms with Crippen LogP contribution in [-0.4, -0.2) is 72.4 Å². The Morgan fingerprint density at radius 3 is 1.80 bits per heavy atom. The van der Waals surface area contributed by atoms with Crippen LogP contribution in [0, 0.1) is 0 Å². The van der Waals surface area contributed by atoms with Crippen LogP contribution in [-0.2, 0) is 41.6 Å². The van der Waals surface area contributed by atoms with Crippen LogP contribution in [0.25, 0.3) is 10.4 Å². The van der Waals surface area contributed by atoms with Gasteiger partial charge in [0.2, 0.25) is 0 Å². The molecule has 0 bridgehead atoms. The van der Waals surface area contributed by atoms with Gasteiger partial charge in [-0.1, -0.05) is 180 Å². The predicted octanol–water partition coefficient (Wildman–Crippen LogP) is 9.50. The van der Waals surface area contributed by atoms with Gasteiger partial charge in [-0.15, -0.1) is 0 Å². The Labute approximate surface area is 333 Å². The van der Waals surface area contributed by atoms with E-state index in [1.165, 1.54) is 57.8 Å². The van der Waals surface area contributed by atoms with E-state index in [9.17, 15) is 15.7 Å². The Morgan fingerprint density at radius 1 is 0.696 bits per heavy atom. The Morgan fingerprint density at radius 2 is 1.23 bits per heavy atom. The van der Waals surface area contributed by atoms with Crippen LogP contribution in [0.5, 0.6) is 0 Å². The van der Waals surface area contributed by atoms with Crippen molar-refractivity contribution in [1.82, 2.24) is 0 Å². The second-order valence-electron chi connectivity index (χ2n) is 15.1. The molecule has 11 nitrogen and oxygen atoms in total. The lowest BCUT2D eigenvalue weighted by molar-refractivity contribution is -0.373. The SMILES string of the molecule is CCCCCCCCCCCCCC[C@@H](O)[C@@H](O)[C@H](CO[C@H]1O[C@@H]2CO[C@H](c3ccccc3)O[C@@H]2[C@H](OCc2ccccc2)[C@H]1OCc1ccccc1)N=[N+]=[N-]. The molecule has 0 amide bonds. The molecule has 2 N–H and O–H groups in total. The number of aliphatic hydroxyl groups is 2. The van der Waals surface area contributed by atoms with Gasteiger partial charge in [-0.3, -0.25) is 0 Å². The van der Waals surface area contributed by atoms with Gasteiger partial charge < -0.3 is 38.6 Å². The lowest BCUT2D eigenvalue weighted by atomic mass is 9.96. The third-order valence-electron chi connectivity index (χ3n) is 10.7. The van der Waals surface area contributed by atoms with Gasteiger partial charge in [0, 0.05) is 10.5 Å². The zero-order chi connectivity index (χ0) is 39.2. The summed E-state index contributed by atoms with van der Waals surface area (Å²) < 4.78 is 38.9. The first-order chi connectivity index (χ1) is 27.6. The van der Waals surface area contributed by atoms with Crippen molar-refractivity contribution in [3.63, 3.8) is 0 Å². The van der Waals surface area contributed by atoms with Gasteiger partial charge in [0.15, 0.2) is 12.6 Å². The molecule has 2 aliphatic rings. The monoisotopic (exact) mass is 773 g/mol. The van der Waals surface area contributed by atoms with Crippen LogP contribution in [0.1, 0.15) is 113 Å². The molecule has 9 atom stereocenters. The van der Waals surface area contributed by atoms with Crippen molar-refractivity contribution in [2.24, 2.45) is 5.11 Å². The summed E-state index contributed by atoms with van der Waals surface area (Å²) in [6.45, 7) is 2.78. The maximum atomic E-state index is 11.2. The van der Waals surface area contributed by atoms with E-state index in [2.05, 4.69) is 16.9 Å². The number of unbranched alkanes of at least 4 members (excludes halogenated alkanes) is 11. The molecule has 5 rings (SSSR count). The van der Waals surface area contributed by atoms with E-state index in [1.54, 1.807) is 0 Å². The predicted molar refractivity (Wildman–Crippen MR) is 215 cm³/mol. The van der Waals surface area contributed by atoms with Gasteiger partial charge in [-0.2, -0.15) is 0 Å². The van der Waals surface area contributed by atoms with E-state index in [0.717, 1.165) is 36.0 Å². The van der Waals surface area contributed by atoms with E-state index in [4.69, 9.17) is 28.4 Å². The first-order valence-corrected chi connectivity index (χ1v) is 20.9. The molecule has 2 saturated heterocycles. The molecule has 56 heavy (non-hydrogen) atoms.